The van der Waals surface area contributed by atoms with E-state index in [1.54, 1.807) is 0 Å². The Balaban J connectivity index is 1.80. The SMILES string of the molecule is CCC(NCc1cnn(CC)c1)C1CC1. The molecule has 1 atom stereocenters. The normalized spacial score (nSPS) is 18.0. The van der Waals surface area contributed by atoms with Crippen molar-refractivity contribution >= 4 is 0 Å². The fraction of sp³-hybridized carbons (Fsp3) is 0.750. The first-order valence-corrected chi connectivity index (χ1v) is 6.08. The van der Waals surface area contributed by atoms with Gasteiger partial charge in [0.2, 0.25) is 0 Å². The maximum Gasteiger partial charge on any atom is 0.0534 e. The van der Waals surface area contributed by atoms with Crippen LogP contribution in [0, 0.1) is 5.92 Å². The number of aryl methyl sites for hydroxylation is 1. The molecule has 0 amide bonds. The van der Waals surface area contributed by atoms with Crippen LogP contribution in [-0.4, -0.2) is 15.8 Å². The molecule has 0 saturated heterocycles. The smallest absolute Gasteiger partial charge is 0.0534 e. The summed E-state index contributed by atoms with van der Waals surface area (Å²) in [5.41, 5.74) is 1.30. The lowest BCUT2D eigenvalue weighted by molar-refractivity contribution is 0.449. The van der Waals surface area contributed by atoms with Gasteiger partial charge in [-0.05, 0) is 32.1 Å². The molecule has 15 heavy (non-hydrogen) atoms. The second-order valence-corrected chi connectivity index (χ2v) is 4.44. The van der Waals surface area contributed by atoms with Crippen LogP contribution >= 0.6 is 0 Å². The molecular formula is C12H21N3. The Hall–Kier alpha value is -0.830. The summed E-state index contributed by atoms with van der Waals surface area (Å²) in [4.78, 5) is 0. The van der Waals surface area contributed by atoms with Crippen LogP contribution in [-0.2, 0) is 13.1 Å². The predicted octanol–water partition coefficient (Wildman–Crippen LogP) is 2.18. The van der Waals surface area contributed by atoms with Gasteiger partial charge in [0.15, 0.2) is 0 Å². The van der Waals surface area contributed by atoms with Gasteiger partial charge in [0.05, 0.1) is 6.20 Å². The Kier molecular flexibility index (Phi) is 3.41. The maximum absolute atomic E-state index is 4.28. The molecule has 1 fully saturated rings. The van der Waals surface area contributed by atoms with Crippen molar-refractivity contribution in [1.82, 2.24) is 15.1 Å². The van der Waals surface area contributed by atoms with E-state index in [9.17, 15) is 0 Å². The van der Waals surface area contributed by atoms with Crippen LogP contribution in [0.1, 0.15) is 38.7 Å². The van der Waals surface area contributed by atoms with Gasteiger partial charge in [-0.2, -0.15) is 5.10 Å². The third-order valence-electron chi connectivity index (χ3n) is 3.21. The molecule has 1 unspecified atom stereocenters. The summed E-state index contributed by atoms with van der Waals surface area (Å²) >= 11 is 0. The van der Waals surface area contributed by atoms with Gasteiger partial charge in [-0.3, -0.25) is 4.68 Å². The van der Waals surface area contributed by atoms with Crippen molar-refractivity contribution in [2.75, 3.05) is 0 Å². The third-order valence-corrected chi connectivity index (χ3v) is 3.21. The molecule has 0 aromatic carbocycles. The van der Waals surface area contributed by atoms with E-state index in [-0.39, 0.29) is 0 Å². The lowest BCUT2D eigenvalue weighted by Gasteiger charge is -2.15. The summed E-state index contributed by atoms with van der Waals surface area (Å²) in [7, 11) is 0. The minimum atomic E-state index is 0.718. The van der Waals surface area contributed by atoms with Gasteiger partial charge in [0, 0.05) is 30.9 Å². The van der Waals surface area contributed by atoms with Crippen LogP contribution in [0.3, 0.4) is 0 Å². The Morgan fingerprint density at radius 2 is 2.33 bits per heavy atom. The van der Waals surface area contributed by atoms with E-state index < -0.39 is 0 Å². The quantitative estimate of drug-likeness (QED) is 0.775. The van der Waals surface area contributed by atoms with Gasteiger partial charge in [-0.15, -0.1) is 0 Å². The third kappa shape index (κ3) is 2.81. The van der Waals surface area contributed by atoms with Crippen LogP contribution in [0.4, 0.5) is 0 Å². The van der Waals surface area contributed by atoms with Crippen molar-refractivity contribution in [3.05, 3.63) is 18.0 Å². The van der Waals surface area contributed by atoms with Crippen molar-refractivity contribution in [3.63, 3.8) is 0 Å². The van der Waals surface area contributed by atoms with Crippen molar-refractivity contribution in [2.45, 2.75) is 52.2 Å². The molecule has 3 nitrogen and oxygen atoms in total. The van der Waals surface area contributed by atoms with Crippen molar-refractivity contribution in [2.24, 2.45) is 5.92 Å². The first kappa shape index (κ1) is 10.7. The predicted molar refractivity (Wildman–Crippen MR) is 61.5 cm³/mol. The second kappa shape index (κ2) is 4.79. The number of hydrogen-bond donors (Lipinski definition) is 1. The van der Waals surface area contributed by atoms with Crippen molar-refractivity contribution < 1.29 is 0 Å². The van der Waals surface area contributed by atoms with Crippen molar-refractivity contribution in [1.29, 1.82) is 0 Å². The van der Waals surface area contributed by atoms with E-state index >= 15 is 0 Å². The summed E-state index contributed by atoms with van der Waals surface area (Å²) in [6, 6.07) is 0.718. The molecule has 0 radical (unpaired) electrons. The van der Waals surface area contributed by atoms with Gasteiger partial charge in [-0.25, -0.2) is 0 Å². The molecule has 84 valence electrons. The highest BCUT2D eigenvalue weighted by Crippen LogP contribution is 2.33. The molecule has 2 rings (SSSR count). The Morgan fingerprint density at radius 3 is 2.87 bits per heavy atom. The van der Waals surface area contributed by atoms with Gasteiger partial charge in [0.1, 0.15) is 0 Å². The minimum Gasteiger partial charge on any atom is -0.310 e. The highest BCUT2D eigenvalue weighted by Gasteiger charge is 2.29. The zero-order valence-electron chi connectivity index (χ0n) is 9.74. The van der Waals surface area contributed by atoms with E-state index in [0.29, 0.717) is 0 Å². The molecular weight excluding hydrogens is 186 g/mol. The molecule has 1 aromatic heterocycles. The lowest BCUT2D eigenvalue weighted by atomic mass is 10.1. The number of hydrogen-bond acceptors (Lipinski definition) is 2. The van der Waals surface area contributed by atoms with Crippen LogP contribution in [0.15, 0.2) is 12.4 Å². The molecule has 1 aliphatic carbocycles. The first-order chi connectivity index (χ1) is 7.33. The zero-order valence-corrected chi connectivity index (χ0v) is 9.74. The Morgan fingerprint density at radius 1 is 1.53 bits per heavy atom. The van der Waals surface area contributed by atoms with E-state index in [4.69, 9.17) is 0 Å². The fourth-order valence-corrected chi connectivity index (χ4v) is 2.06. The van der Waals surface area contributed by atoms with Crippen LogP contribution < -0.4 is 5.32 Å². The second-order valence-electron chi connectivity index (χ2n) is 4.44. The van der Waals surface area contributed by atoms with E-state index in [1.807, 2.05) is 10.9 Å². The number of rotatable bonds is 6. The van der Waals surface area contributed by atoms with E-state index in [0.717, 1.165) is 25.0 Å². The minimum absolute atomic E-state index is 0.718. The molecule has 0 spiro atoms. The monoisotopic (exact) mass is 207 g/mol. The molecule has 0 bridgehead atoms. The fourth-order valence-electron chi connectivity index (χ4n) is 2.06. The summed E-state index contributed by atoms with van der Waals surface area (Å²) in [6.07, 6.45) is 8.18. The largest absolute Gasteiger partial charge is 0.310 e. The first-order valence-electron chi connectivity index (χ1n) is 6.08. The highest BCUT2D eigenvalue weighted by atomic mass is 15.3. The summed E-state index contributed by atoms with van der Waals surface area (Å²) in [5.74, 6) is 0.941. The summed E-state index contributed by atoms with van der Waals surface area (Å²) in [5, 5.41) is 7.91. The standard InChI is InChI=1S/C12H21N3/c1-3-12(11-5-6-11)13-7-10-8-14-15(4-2)9-10/h8-9,11-13H,3-7H2,1-2H3. The Bertz CT molecular complexity index is 302. The van der Waals surface area contributed by atoms with Crippen LogP contribution in [0.25, 0.3) is 0 Å². The molecule has 3 heteroatoms. The molecule has 1 saturated carbocycles. The van der Waals surface area contributed by atoms with Crippen LogP contribution in [0.2, 0.25) is 0 Å². The number of nitrogens with zero attached hydrogens (tertiary/aromatic N) is 2. The summed E-state index contributed by atoms with van der Waals surface area (Å²) < 4.78 is 1.98. The molecule has 1 aromatic rings. The topological polar surface area (TPSA) is 29.9 Å². The zero-order chi connectivity index (χ0) is 10.7. The average Bonchev–Trinajstić information content (AvgIpc) is 2.98. The van der Waals surface area contributed by atoms with Gasteiger partial charge in [0.25, 0.3) is 0 Å². The van der Waals surface area contributed by atoms with E-state index in [1.165, 1.54) is 24.8 Å². The highest BCUT2D eigenvalue weighted by molar-refractivity contribution is 5.04. The molecule has 1 aliphatic rings. The summed E-state index contributed by atoms with van der Waals surface area (Å²) in [6.45, 7) is 6.31. The molecule has 1 heterocycles. The van der Waals surface area contributed by atoms with Crippen molar-refractivity contribution in [3.8, 4) is 0 Å². The van der Waals surface area contributed by atoms with Gasteiger partial charge in [-0.1, -0.05) is 6.92 Å². The molecule has 0 aliphatic heterocycles. The molecule has 1 N–H and O–H groups in total. The maximum atomic E-state index is 4.28. The Labute approximate surface area is 91.9 Å². The lowest BCUT2D eigenvalue weighted by Crippen LogP contribution is -2.29. The van der Waals surface area contributed by atoms with Crippen LogP contribution in [0.5, 0.6) is 0 Å². The van der Waals surface area contributed by atoms with Gasteiger partial charge < -0.3 is 5.32 Å². The average molecular weight is 207 g/mol. The number of nitrogens with one attached hydrogen (secondary N) is 1. The van der Waals surface area contributed by atoms with E-state index in [2.05, 4.69) is 30.5 Å². The van der Waals surface area contributed by atoms with Gasteiger partial charge >= 0.3 is 0 Å². The number of aromatic nitrogens is 2.